The van der Waals surface area contributed by atoms with Crippen LogP contribution in [-0.2, 0) is 22.4 Å². The molecular weight excluding hydrogens is 320 g/mol. The number of benzene rings is 1. The minimum absolute atomic E-state index is 0.184. The first kappa shape index (κ1) is 17.3. The van der Waals surface area contributed by atoms with Crippen LogP contribution in [0.1, 0.15) is 37.3 Å². The van der Waals surface area contributed by atoms with Gasteiger partial charge in [0, 0.05) is 37.5 Å². The van der Waals surface area contributed by atoms with Gasteiger partial charge in [-0.05, 0) is 42.2 Å². The van der Waals surface area contributed by atoms with Crippen molar-refractivity contribution >= 4 is 23.6 Å². The Bertz CT molecular complexity index is 617. The second-order valence-electron chi connectivity index (χ2n) is 6.54. The molecule has 0 atom stereocenters. The molecule has 5 heteroatoms. The number of nitrogens with zero attached hydrogens (tertiary/aromatic N) is 2. The number of fused-ring (bicyclic) bond motifs is 1. The van der Waals surface area contributed by atoms with Gasteiger partial charge in [-0.25, -0.2) is 0 Å². The Labute approximate surface area is 148 Å². The first-order valence-corrected chi connectivity index (χ1v) is 9.96. The quantitative estimate of drug-likeness (QED) is 0.845. The van der Waals surface area contributed by atoms with Crippen molar-refractivity contribution in [1.82, 2.24) is 9.80 Å². The average Bonchev–Trinajstić information content (AvgIpc) is 2.87. The van der Waals surface area contributed by atoms with E-state index < -0.39 is 0 Å². The minimum Gasteiger partial charge on any atom is -0.341 e. The fourth-order valence-corrected chi connectivity index (χ4v) is 4.47. The summed E-state index contributed by atoms with van der Waals surface area (Å²) in [5.74, 6) is 1.58. The van der Waals surface area contributed by atoms with Gasteiger partial charge in [-0.3, -0.25) is 9.59 Å². The van der Waals surface area contributed by atoms with Gasteiger partial charge in [0.2, 0.25) is 11.8 Å². The Morgan fingerprint density at radius 1 is 1.04 bits per heavy atom. The summed E-state index contributed by atoms with van der Waals surface area (Å²) in [7, 11) is 0. The molecule has 4 nitrogen and oxygen atoms in total. The lowest BCUT2D eigenvalue weighted by Crippen LogP contribution is -2.37. The molecule has 2 aliphatic heterocycles. The van der Waals surface area contributed by atoms with Gasteiger partial charge < -0.3 is 9.80 Å². The molecule has 24 heavy (non-hydrogen) atoms. The fraction of sp³-hybridized carbons (Fsp3) is 0.579. The highest BCUT2D eigenvalue weighted by Gasteiger charge is 2.21. The lowest BCUT2D eigenvalue weighted by atomic mass is 10.0. The maximum atomic E-state index is 12.7. The van der Waals surface area contributed by atoms with Crippen LogP contribution in [0.2, 0.25) is 0 Å². The molecule has 0 aromatic heterocycles. The predicted octanol–water partition coefficient (Wildman–Crippen LogP) is 2.74. The van der Waals surface area contributed by atoms with E-state index in [2.05, 4.69) is 18.2 Å². The van der Waals surface area contributed by atoms with Crippen LogP contribution in [-0.4, -0.2) is 53.5 Å². The zero-order chi connectivity index (χ0) is 16.9. The molecule has 0 aliphatic carbocycles. The lowest BCUT2D eigenvalue weighted by molar-refractivity contribution is -0.133. The first-order chi connectivity index (χ1) is 11.7. The molecule has 0 unspecified atom stereocenters. The SMILES string of the molecule is CCC(=O)N1CCCN(C(=O)Cc2ccc3c(c2)CCCS3)CC1. The third-order valence-electron chi connectivity index (χ3n) is 4.83. The summed E-state index contributed by atoms with van der Waals surface area (Å²) in [5, 5.41) is 0. The van der Waals surface area contributed by atoms with E-state index in [9.17, 15) is 9.59 Å². The van der Waals surface area contributed by atoms with Gasteiger partial charge in [-0.15, -0.1) is 11.8 Å². The Morgan fingerprint density at radius 3 is 2.54 bits per heavy atom. The third-order valence-corrected chi connectivity index (χ3v) is 6.03. The number of aryl methyl sites for hydroxylation is 1. The van der Waals surface area contributed by atoms with Gasteiger partial charge in [-0.2, -0.15) is 0 Å². The highest BCUT2D eigenvalue weighted by atomic mass is 32.2. The van der Waals surface area contributed by atoms with E-state index in [1.165, 1.54) is 22.6 Å². The van der Waals surface area contributed by atoms with Crippen LogP contribution in [0.5, 0.6) is 0 Å². The van der Waals surface area contributed by atoms with E-state index in [1.807, 2.05) is 28.5 Å². The van der Waals surface area contributed by atoms with Crippen LogP contribution < -0.4 is 0 Å². The molecule has 0 saturated carbocycles. The summed E-state index contributed by atoms with van der Waals surface area (Å²) >= 11 is 1.92. The molecule has 0 radical (unpaired) electrons. The Kier molecular flexibility index (Phi) is 5.82. The number of rotatable bonds is 3. The monoisotopic (exact) mass is 346 g/mol. The van der Waals surface area contributed by atoms with Gasteiger partial charge in [0.25, 0.3) is 0 Å². The van der Waals surface area contributed by atoms with Gasteiger partial charge in [0.1, 0.15) is 0 Å². The van der Waals surface area contributed by atoms with Gasteiger partial charge in [0.15, 0.2) is 0 Å². The number of carbonyl (C=O) groups excluding carboxylic acids is 2. The van der Waals surface area contributed by atoms with Crippen LogP contribution in [0, 0.1) is 0 Å². The maximum absolute atomic E-state index is 12.7. The molecule has 1 saturated heterocycles. The Balaban J connectivity index is 1.59. The normalized spacial score (nSPS) is 18.0. The molecular formula is C19H26N2O2S. The summed E-state index contributed by atoms with van der Waals surface area (Å²) in [6.45, 7) is 4.74. The van der Waals surface area contributed by atoms with E-state index in [-0.39, 0.29) is 11.8 Å². The summed E-state index contributed by atoms with van der Waals surface area (Å²) < 4.78 is 0. The van der Waals surface area contributed by atoms with Crippen LogP contribution in [0.3, 0.4) is 0 Å². The largest absolute Gasteiger partial charge is 0.341 e. The molecule has 3 rings (SSSR count). The van der Waals surface area contributed by atoms with Gasteiger partial charge in [0.05, 0.1) is 6.42 Å². The summed E-state index contributed by atoms with van der Waals surface area (Å²) in [4.78, 5) is 29.7. The summed E-state index contributed by atoms with van der Waals surface area (Å²) in [6, 6.07) is 6.48. The van der Waals surface area contributed by atoms with Crippen molar-refractivity contribution in [3.63, 3.8) is 0 Å². The van der Waals surface area contributed by atoms with Crippen molar-refractivity contribution in [1.29, 1.82) is 0 Å². The van der Waals surface area contributed by atoms with Crippen LogP contribution >= 0.6 is 11.8 Å². The van der Waals surface area contributed by atoms with Crippen molar-refractivity contribution in [2.24, 2.45) is 0 Å². The molecule has 1 aromatic carbocycles. The highest BCUT2D eigenvalue weighted by Crippen LogP contribution is 2.30. The molecule has 0 bridgehead atoms. The topological polar surface area (TPSA) is 40.6 Å². The first-order valence-electron chi connectivity index (χ1n) is 8.97. The van der Waals surface area contributed by atoms with Crippen molar-refractivity contribution in [2.75, 3.05) is 31.9 Å². The molecule has 1 aromatic rings. The molecule has 0 spiro atoms. The average molecular weight is 346 g/mol. The molecule has 0 N–H and O–H groups in total. The van der Waals surface area contributed by atoms with E-state index in [4.69, 9.17) is 0 Å². The maximum Gasteiger partial charge on any atom is 0.227 e. The molecule has 2 aliphatic rings. The molecule has 1 fully saturated rings. The lowest BCUT2D eigenvalue weighted by Gasteiger charge is -2.22. The third kappa shape index (κ3) is 4.12. The smallest absolute Gasteiger partial charge is 0.227 e. The number of amides is 2. The van der Waals surface area contributed by atoms with Crippen molar-refractivity contribution in [3.8, 4) is 0 Å². The van der Waals surface area contributed by atoms with Crippen molar-refractivity contribution < 1.29 is 9.59 Å². The van der Waals surface area contributed by atoms with Crippen molar-refractivity contribution in [2.45, 2.75) is 43.9 Å². The fourth-order valence-electron chi connectivity index (χ4n) is 3.45. The number of hydrogen-bond acceptors (Lipinski definition) is 3. The molecule has 130 valence electrons. The summed E-state index contributed by atoms with van der Waals surface area (Å²) in [5.41, 5.74) is 2.51. The van der Waals surface area contributed by atoms with E-state index >= 15 is 0 Å². The van der Waals surface area contributed by atoms with Crippen LogP contribution in [0.15, 0.2) is 23.1 Å². The van der Waals surface area contributed by atoms with E-state index in [0.29, 0.717) is 25.9 Å². The number of carbonyl (C=O) groups is 2. The van der Waals surface area contributed by atoms with Gasteiger partial charge in [-0.1, -0.05) is 19.1 Å². The Hall–Kier alpha value is -1.49. The minimum atomic E-state index is 0.184. The van der Waals surface area contributed by atoms with Crippen molar-refractivity contribution in [3.05, 3.63) is 29.3 Å². The Morgan fingerprint density at radius 2 is 1.79 bits per heavy atom. The van der Waals surface area contributed by atoms with E-state index in [0.717, 1.165) is 31.5 Å². The number of thioether (sulfide) groups is 1. The van der Waals surface area contributed by atoms with Crippen LogP contribution in [0.4, 0.5) is 0 Å². The zero-order valence-corrected chi connectivity index (χ0v) is 15.2. The molecule has 2 heterocycles. The summed E-state index contributed by atoms with van der Waals surface area (Å²) in [6.07, 6.45) is 4.24. The zero-order valence-electron chi connectivity index (χ0n) is 14.4. The second kappa shape index (κ2) is 8.06. The number of hydrogen-bond donors (Lipinski definition) is 0. The molecule has 2 amide bonds. The van der Waals surface area contributed by atoms with Gasteiger partial charge >= 0.3 is 0 Å². The van der Waals surface area contributed by atoms with E-state index in [1.54, 1.807) is 0 Å². The standard InChI is InChI=1S/C19H26N2O2S/c1-2-18(22)20-8-4-9-21(11-10-20)19(23)14-15-6-7-17-16(13-15)5-3-12-24-17/h6-7,13H,2-5,8-12,14H2,1H3. The second-order valence-corrected chi connectivity index (χ2v) is 7.68. The predicted molar refractivity (Wildman–Crippen MR) is 97.3 cm³/mol. The van der Waals surface area contributed by atoms with Crippen LogP contribution in [0.25, 0.3) is 0 Å². The highest BCUT2D eigenvalue weighted by molar-refractivity contribution is 7.99.